The van der Waals surface area contributed by atoms with Crippen LogP contribution < -0.4 is 5.73 Å². The number of nitrogens with one attached hydrogen (secondary N) is 1. The van der Waals surface area contributed by atoms with Crippen LogP contribution in [-0.2, 0) is 0 Å². The fourth-order valence-corrected chi connectivity index (χ4v) is 1.73. The predicted molar refractivity (Wildman–Crippen MR) is 51.9 cm³/mol. The van der Waals surface area contributed by atoms with Gasteiger partial charge >= 0.3 is 0 Å². The second-order valence-corrected chi connectivity index (χ2v) is 3.63. The number of hydrogen-bond acceptors (Lipinski definition) is 4. The molecule has 0 bridgehead atoms. The van der Waals surface area contributed by atoms with Crippen molar-refractivity contribution in [1.29, 1.82) is 0 Å². The van der Waals surface area contributed by atoms with Gasteiger partial charge in [0.1, 0.15) is 0 Å². The molecule has 1 aromatic heterocycles. The number of amidine groups is 1. The Morgan fingerprint density at radius 3 is 3.15 bits per heavy atom. The summed E-state index contributed by atoms with van der Waals surface area (Å²) in [6.07, 6.45) is 4.20. The zero-order valence-corrected chi connectivity index (χ0v) is 8.08. The van der Waals surface area contributed by atoms with Gasteiger partial charge in [0.2, 0.25) is 0 Å². The van der Waals surface area contributed by atoms with Crippen LogP contribution in [0.1, 0.15) is 13.3 Å². The van der Waals surface area contributed by atoms with Crippen molar-refractivity contribution >= 4 is 17.6 Å². The number of nitrogens with zero attached hydrogens (tertiary/aromatic N) is 2. The first-order valence-electron chi connectivity index (χ1n) is 3.91. The van der Waals surface area contributed by atoms with Crippen molar-refractivity contribution in [2.24, 2.45) is 10.9 Å². The Hall–Kier alpha value is -1.17. The van der Waals surface area contributed by atoms with Crippen molar-refractivity contribution in [1.82, 2.24) is 9.97 Å². The molecular weight excluding hydrogens is 188 g/mol. The molecule has 0 aliphatic rings. The van der Waals surface area contributed by atoms with Gasteiger partial charge in [-0.25, -0.2) is 4.98 Å². The number of aromatic amines is 1. The molecule has 1 atom stereocenters. The van der Waals surface area contributed by atoms with Gasteiger partial charge in [0.25, 0.3) is 0 Å². The van der Waals surface area contributed by atoms with Gasteiger partial charge < -0.3 is 15.9 Å². The van der Waals surface area contributed by atoms with Crippen LogP contribution in [0.3, 0.4) is 0 Å². The molecule has 0 saturated carbocycles. The van der Waals surface area contributed by atoms with Gasteiger partial charge in [0.15, 0.2) is 11.0 Å². The van der Waals surface area contributed by atoms with Crippen LogP contribution in [0.25, 0.3) is 0 Å². The Bertz CT molecular complexity index is 272. The topological polar surface area (TPSA) is 87.3 Å². The fraction of sp³-hybridized carbons (Fsp3) is 0.429. The molecule has 1 unspecified atom stereocenters. The lowest BCUT2D eigenvalue weighted by molar-refractivity contribution is 0.317. The normalized spacial score (nSPS) is 14.4. The molecule has 0 fully saturated rings. The van der Waals surface area contributed by atoms with Crippen molar-refractivity contribution in [3.8, 4) is 0 Å². The molecule has 0 radical (unpaired) electrons. The van der Waals surface area contributed by atoms with E-state index in [2.05, 4.69) is 15.1 Å². The van der Waals surface area contributed by atoms with Crippen LogP contribution in [0.15, 0.2) is 22.7 Å². The third-order valence-corrected chi connectivity index (χ3v) is 2.85. The smallest absolute Gasteiger partial charge is 0.165 e. The minimum absolute atomic E-state index is 0.0313. The average molecular weight is 200 g/mol. The molecule has 0 amide bonds. The fourth-order valence-electron chi connectivity index (χ4n) is 0.867. The van der Waals surface area contributed by atoms with E-state index >= 15 is 0 Å². The molecule has 1 aromatic rings. The van der Waals surface area contributed by atoms with Gasteiger partial charge in [-0.3, -0.25) is 0 Å². The van der Waals surface area contributed by atoms with Crippen molar-refractivity contribution in [3.05, 3.63) is 12.4 Å². The van der Waals surface area contributed by atoms with Crippen molar-refractivity contribution in [2.75, 3.05) is 0 Å². The molecule has 0 aliphatic carbocycles. The van der Waals surface area contributed by atoms with Crippen LogP contribution in [-0.4, -0.2) is 26.3 Å². The molecule has 6 heteroatoms. The maximum Gasteiger partial charge on any atom is 0.165 e. The Labute approximate surface area is 80.4 Å². The second kappa shape index (κ2) is 4.76. The van der Waals surface area contributed by atoms with E-state index in [9.17, 15) is 0 Å². The third-order valence-electron chi connectivity index (χ3n) is 1.54. The number of thioether (sulfide) groups is 1. The highest BCUT2D eigenvalue weighted by Crippen LogP contribution is 2.21. The van der Waals surface area contributed by atoms with E-state index in [0.717, 1.165) is 11.6 Å². The summed E-state index contributed by atoms with van der Waals surface area (Å²) in [5.74, 6) is 0.226. The summed E-state index contributed by atoms with van der Waals surface area (Å²) in [5.41, 5.74) is 5.48. The second-order valence-electron chi connectivity index (χ2n) is 2.43. The van der Waals surface area contributed by atoms with Crippen LogP contribution in [0, 0.1) is 0 Å². The van der Waals surface area contributed by atoms with E-state index in [1.54, 1.807) is 12.4 Å². The zero-order valence-electron chi connectivity index (χ0n) is 7.27. The quantitative estimate of drug-likeness (QED) is 0.223. The summed E-state index contributed by atoms with van der Waals surface area (Å²) in [6.45, 7) is 1.97. The van der Waals surface area contributed by atoms with Gasteiger partial charge in [-0.15, -0.1) is 0 Å². The number of hydrogen-bond donors (Lipinski definition) is 3. The predicted octanol–water partition coefficient (Wildman–Crippen LogP) is 1.03. The standard InChI is InChI=1S/C7H12N4OS/c1-2-5(6(8)11-12)13-7-9-3-4-10-7/h3-5,12H,2H2,1H3,(H2,8,11)(H,9,10). The van der Waals surface area contributed by atoms with Gasteiger partial charge in [0.05, 0.1) is 5.25 Å². The van der Waals surface area contributed by atoms with Crippen LogP contribution in [0.5, 0.6) is 0 Å². The summed E-state index contributed by atoms with van der Waals surface area (Å²) >= 11 is 1.45. The molecule has 0 aliphatic heterocycles. The minimum atomic E-state index is -0.0313. The van der Waals surface area contributed by atoms with Crippen LogP contribution in [0.2, 0.25) is 0 Å². The summed E-state index contributed by atoms with van der Waals surface area (Å²) in [6, 6.07) is 0. The Morgan fingerprint density at radius 1 is 1.92 bits per heavy atom. The summed E-state index contributed by atoms with van der Waals surface area (Å²) in [4.78, 5) is 6.98. The Morgan fingerprint density at radius 2 is 2.69 bits per heavy atom. The number of rotatable bonds is 4. The van der Waals surface area contributed by atoms with Gasteiger partial charge in [-0.1, -0.05) is 23.8 Å². The summed E-state index contributed by atoms with van der Waals surface area (Å²) in [5, 5.41) is 12.2. The number of nitrogens with two attached hydrogens (primary N) is 1. The molecule has 4 N–H and O–H groups in total. The average Bonchev–Trinajstić information content (AvgIpc) is 2.65. The molecule has 5 nitrogen and oxygen atoms in total. The van der Waals surface area contributed by atoms with E-state index < -0.39 is 0 Å². The van der Waals surface area contributed by atoms with Crippen molar-refractivity contribution in [3.63, 3.8) is 0 Å². The van der Waals surface area contributed by atoms with E-state index in [1.165, 1.54) is 11.8 Å². The highest BCUT2D eigenvalue weighted by atomic mass is 32.2. The Kier molecular flexibility index (Phi) is 3.63. The van der Waals surface area contributed by atoms with E-state index in [4.69, 9.17) is 10.9 Å². The highest BCUT2D eigenvalue weighted by Gasteiger charge is 2.14. The van der Waals surface area contributed by atoms with Crippen molar-refractivity contribution < 1.29 is 5.21 Å². The van der Waals surface area contributed by atoms with Crippen LogP contribution in [0.4, 0.5) is 0 Å². The maximum atomic E-state index is 8.48. The molecule has 0 saturated heterocycles. The maximum absolute atomic E-state index is 8.48. The first-order chi connectivity index (χ1) is 6.27. The first kappa shape index (κ1) is 9.91. The molecule has 0 aromatic carbocycles. The number of aromatic nitrogens is 2. The molecule has 1 heterocycles. The summed E-state index contributed by atoms with van der Waals surface area (Å²) in [7, 11) is 0. The van der Waals surface area contributed by atoms with Gasteiger partial charge in [-0.05, 0) is 6.42 Å². The number of oxime groups is 1. The lowest BCUT2D eigenvalue weighted by Crippen LogP contribution is -2.25. The zero-order chi connectivity index (χ0) is 9.68. The lowest BCUT2D eigenvalue weighted by atomic mass is 10.3. The van der Waals surface area contributed by atoms with Gasteiger partial charge in [0, 0.05) is 12.4 Å². The SMILES string of the molecule is CCC(Sc1ncc[nH]1)/C(N)=N/O. The lowest BCUT2D eigenvalue weighted by Gasteiger charge is -2.09. The van der Waals surface area contributed by atoms with Crippen molar-refractivity contribution in [2.45, 2.75) is 23.8 Å². The molecule has 0 spiro atoms. The van der Waals surface area contributed by atoms with Gasteiger partial charge in [-0.2, -0.15) is 0 Å². The van der Waals surface area contributed by atoms with E-state index in [1.807, 2.05) is 6.92 Å². The molecule has 72 valence electrons. The molecule has 1 rings (SSSR count). The largest absolute Gasteiger partial charge is 0.409 e. The van der Waals surface area contributed by atoms with E-state index in [-0.39, 0.29) is 11.1 Å². The monoisotopic (exact) mass is 200 g/mol. The molecular formula is C7H12N4OS. The van der Waals surface area contributed by atoms with E-state index in [0.29, 0.717) is 0 Å². The Balaban J connectivity index is 2.60. The first-order valence-corrected chi connectivity index (χ1v) is 4.79. The van der Waals surface area contributed by atoms with Crippen LogP contribution >= 0.6 is 11.8 Å². The molecule has 13 heavy (non-hydrogen) atoms. The number of H-pyrrole nitrogens is 1. The third kappa shape index (κ3) is 2.66. The summed E-state index contributed by atoms with van der Waals surface area (Å²) < 4.78 is 0. The highest BCUT2D eigenvalue weighted by molar-refractivity contribution is 8.00. The minimum Gasteiger partial charge on any atom is -0.409 e. The number of imidazole rings is 1.